The molecule has 118 valence electrons. The van der Waals surface area contributed by atoms with Crippen LogP contribution in [0.5, 0.6) is 0 Å². The molecular weight excluding hydrogens is 306 g/mol. The van der Waals surface area contributed by atoms with E-state index in [0.717, 1.165) is 27.0 Å². The molecule has 2 N–H and O–H groups in total. The summed E-state index contributed by atoms with van der Waals surface area (Å²) in [7, 11) is 0. The number of thiazole rings is 1. The van der Waals surface area contributed by atoms with Gasteiger partial charge in [0.1, 0.15) is 0 Å². The fraction of sp³-hybridized carbons (Fsp3) is 0.222. The van der Waals surface area contributed by atoms with E-state index in [1.165, 1.54) is 22.5 Å². The molecule has 0 radical (unpaired) electrons. The zero-order valence-corrected chi connectivity index (χ0v) is 14.5. The van der Waals surface area contributed by atoms with Crippen LogP contribution in [-0.2, 0) is 0 Å². The van der Waals surface area contributed by atoms with Crippen LogP contribution in [0.2, 0.25) is 0 Å². The predicted octanol–water partition coefficient (Wildman–Crippen LogP) is 5.17. The van der Waals surface area contributed by atoms with Gasteiger partial charge in [-0.05, 0) is 68.1 Å². The highest BCUT2D eigenvalue weighted by Gasteiger charge is 2.10. The molecule has 0 spiro atoms. The Balaban J connectivity index is 1.78. The van der Waals surface area contributed by atoms with Crippen LogP contribution in [0.3, 0.4) is 0 Å². The first kappa shape index (κ1) is 15.5. The summed E-state index contributed by atoms with van der Waals surface area (Å²) in [6.45, 7) is 8.13. The van der Waals surface area contributed by atoms with Crippen molar-refractivity contribution in [3.05, 3.63) is 52.6 Å². The number of hydrogen-bond donors (Lipinski definition) is 2. The molecule has 0 aliphatic carbocycles. The second kappa shape index (κ2) is 6.01. The van der Waals surface area contributed by atoms with Gasteiger partial charge in [-0.15, -0.1) is 0 Å². The van der Waals surface area contributed by atoms with Crippen LogP contribution in [0.15, 0.2) is 30.3 Å². The molecule has 2 amide bonds. The average molecular weight is 325 g/mol. The molecule has 4 nitrogen and oxygen atoms in total. The minimum absolute atomic E-state index is 0.275. The summed E-state index contributed by atoms with van der Waals surface area (Å²) in [6.07, 6.45) is 0. The van der Waals surface area contributed by atoms with Gasteiger partial charge in [0.05, 0.1) is 10.2 Å². The van der Waals surface area contributed by atoms with Crippen molar-refractivity contribution in [2.24, 2.45) is 0 Å². The highest BCUT2D eigenvalue weighted by Crippen LogP contribution is 2.29. The van der Waals surface area contributed by atoms with E-state index in [1.54, 1.807) is 0 Å². The van der Waals surface area contributed by atoms with Gasteiger partial charge in [-0.3, -0.25) is 5.32 Å². The van der Waals surface area contributed by atoms with E-state index in [2.05, 4.69) is 34.7 Å². The van der Waals surface area contributed by atoms with Crippen LogP contribution in [0.25, 0.3) is 10.2 Å². The van der Waals surface area contributed by atoms with Gasteiger partial charge >= 0.3 is 6.03 Å². The molecule has 23 heavy (non-hydrogen) atoms. The quantitative estimate of drug-likeness (QED) is 0.682. The molecule has 0 aliphatic heterocycles. The van der Waals surface area contributed by atoms with E-state index in [9.17, 15) is 4.79 Å². The Morgan fingerprint density at radius 1 is 0.913 bits per heavy atom. The van der Waals surface area contributed by atoms with E-state index in [0.29, 0.717) is 5.13 Å². The van der Waals surface area contributed by atoms with Crippen molar-refractivity contribution in [1.82, 2.24) is 4.98 Å². The first-order valence-corrected chi connectivity index (χ1v) is 8.26. The maximum atomic E-state index is 12.2. The van der Waals surface area contributed by atoms with Gasteiger partial charge in [0.25, 0.3) is 0 Å². The molecule has 0 saturated carbocycles. The molecule has 0 unspecified atom stereocenters. The molecule has 5 heteroatoms. The maximum Gasteiger partial charge on any atom is 0.325 e. The minimum atomic E-state index is -0.275. The number of rotatable bonds is 2. The maximum absolute atomic E-state index is 12.2. The number of anilines is 2. The lowest BCUT2D eigenvalue weighted by molar-refractivity contribution is 0.262. The number of urea groups is 1. The summed E-state index contributed by atoms with van der Waals surface area (Å²) in [6, 6.07) is 9.84. The van der Waals surface area contributed by atoms with Crippen LogP contribution in [0.4, 0.5) is 15.6 Å². The summed E-state index contributed by atoms with van der Waals surface area (Å²) >= 11 is 1.49. The summed E-state index contributed by atoms with van der Waals surface area (Å²) in [5.41, 5.74) is 6.30. The number of benzene rings is 2. The van der Waals surface area contributed by atoms with Gasteiger partial charge in [-0.1, -0.05) is 23.5 Å². The van der Waals surface area contributed by atoms with Gasteiger partial charge in [-0.25, -0.2) is 9.78 Å². The first-order valence-electron chi connectivity index (χ1n) is 7.45. The van der Waals surface area contributed by atoms with Crippen molar-refractivity contribution in [1.29, 1.82) is 0 Å². The average Bonchev–Trinajstić information content (AvgIpc) is 2.79. The van der Waals surface area contributed by atoms with Gasteiger partial charge in [0, 0.05) is 5.69 Å². The molecular formula is C18H19N3OS. The Morgan fingerprint density at radius 2 is 1.57 bits per heavy atom. The van der Waals surface area contributed by atoms with Crippen LogP contribution >= 0.6 is 11.3 Å². The summed E-state index contributed by atoms with van der Waals surface area (Å²) in [5.74, 6) is 0. The van der Waals surface area contributed by atoms with E-state index in [4.69, 9.17) is 0 Å². The van der Waals surface area contributed by atoms with Crippen molar-refractivity contribution in [3.63, 3.8) is 0 Å². The Bertz CT molecular complexity index is 878. The van der Waals surface area contributed by atoms with E-state index < -0.39 is 0 Å². The van der Waals surface area contributed by atoms with Crippen LogP contribution < -0.4 is 10.6 Å². The number of nitrogens with one attached hydrogen (secondary N) is 2. The first-order chi connectivity index (χ1) is 10.9. The third-order valence-corrected chi connectivity index (χ3v) is 4.64. The van der Waals surface area contributed by atoms with Crippen LogP contribution in [-0.4, -0.2) is 11.0 Å². The van der Waals surface area contributed by atoms with Crippen LogP contribution in [0, 0.1) is 27.7 Å². The molecule has 0 bridgehead atoms. The summed E-state index contributed by atoms with van der Waals surface area (Å²) in [5, 5.41) is 6.29. The molecule has 2 aromatic carbocycles. The van der Waals surface area contributed by atoms with Crippen molar-refractivity contribution in [2.45, 2.75) is 27.7 Å². The van der Waals surface area contributed by atoms with E-state index >= 15 is 0 Å². The second-order valence-corrected chi connectivity index (χ2v) is 6.90. The SMILES string of the molecule is Cc1cc(C)cc(NC(=O)Nc2nc3cc(C)cc(C)c3s2)c1. The Labute approximate surface area is 139 Å². The molecule has 0 atom stereocenters. The molecule has 3 aromatic rings. The number of amides is 2. The lowest BCUT2D eigenvalue weighted by atomic mass is 10.1. The fourth-order valence-electron chi connectivity index (χ4n) is 2.74. The topological polar surface area (TPSA) is 54.0 Å². The molecule has 1 aromatic heterocycles. The van der Waals surface area contributed by atoms with Crippen molar-refractivity contribution in [2.75, 3.05) is 10.6 Å². The van der Waals surface area contributed by atoms with Gasteiger partial charge in [-0.2, -0.15) is 0 Å². The Hall–Kier alpha value is -2.40. The highest BCUT2D eigenvalue weighted by molar-refractivity contribution is 7.22. The molecule has 0 fully saturated rings. The predicted molar refractivity (Wildman–Crippen MR) is 97.7 cm³/mol. The third kappa shape index (κ3) is 3.51. The van der Waals surface area contributed by atoms with Crippen molar-refractivity contribution >= 4 is 38.4 Å². The van der Waals surface area contributed by atoms with Gasteiger partial charge in [0.2, 0.25) is 0 Å². The second-order valence-electron chi connectivity index (χ2n) is 5.90. The molecule has 0 aliphatic rings. The van der Waals surface area contributed by atoms with Gasteiger partial charge in [0.15, 0.2) is 5.13 Å². The smallest absolute Gasteiger partial charge is 0.308 e. The number of carbonyl (C=O) groups excluding carboxylic acids is 1. The number of hydrogen-bond acceptors (Lipinski definition) is 3. The lowest BCUT2D eigenvalue weighted by Crippen LogP contribution is -2.19. The highest BCUT2D eigenvalue weighted by atomic mass is 32.1. The van der Waals surface area contributed by atoms with E-state index in [1.807, 2.05) is 39.0 Å². The normalized spacial score (nSPS) is 10.8. The summed E-state index contributed by atoms with van der Waals surface area (Å²) < 4.78 is 1.11. The Kier molecular flexibility index (Phi) is 4.05. The van der Waals surface area contributed by atoms with E-state index in [-0.39, 0.29) is 6.03 Å². The molecule has 0 saturated heterocycles. The van der Waals surface area contributed by atoms with Gasteiger partial charge < -0.3 is 5.32 Å². The number of carbonyl (C=O) groups is 1. The number of nitrogens with zero attached hydrogens (tertiary/aromatic N) is 1. The number of aryl methyl sites for hydroxylation is 4. The Morgan fingerprint density at radius 3 is 2.26 bits per heavy atom. The van der Waals surface area contributed by atoms with Crippen LogP contribution in [0.1, 0.15) is 22.3 Å². The molecule has 1 heterocycles. The minimum Gasteiger partial charge on any atom is -0.308 e. The lowest BCUT2D eigenvalue weighted by Gasteiger charge is -2.07. The molecule has 3 rings (SSSR count). The fourth-order valence-corrected chi connectivity index (χ4v) is 3.65. The number of fused-ring (bicyclic) bond motifs is 1. The van der Waals surface area contributed by atoms with Crippen molar-refractivity contribution in [3.8, 4) is 0 Å². The third-order valence-electron chi connectivity index (χ3n) is 3.52. The zero-order chi connectivity index (χ0) is 16.6. The summed E-state index contributed by atoms with van der Waals surface area (Å²) in [4.78, 5) is 16.7. The largest absolute Gasteiger partial charge is 0.325 e. The monoisotopic (exact) mass is 325 g/mol. The standard InChI is InChI=1S/C18H19N3OS/c1-10-5-11(2)8-14(7-10)19-17(22)21-18-20-15-9-12(3)6-13(4)16(15)23-18/h5-9H,1-4H3,(H2,19,20,21,22). The zero-order valence-electron chi connectivity index (χ0n) is 13.7. The van der Waals surface area contributed by atoms with Crippen molar-refractivity contribution < 1.29 is 4.79 Å². The number of aromatic nitrogens is 1.